The molecule has 6 heteroatoms. The molecule has 0 aliphatic heterocycles. The topological polar surface area (TPSA) is 83.9 Å². The van der Waals surface area contributed by atoms with Crippen LogP contribution in [0.1, 0.15) is 34.6 Å². The molecule has 0 saturated carbocycles. The molecule has 1 heterocycles. The maximum Gasteiger partial charge on any atom is 0.268 e. The molecule has 0 saturated heterocycles. The number of aromatic nitrogens is 1. The normalized spacial score (nSPS) is 12.1. The van der Waals surface area contributed by atoms with Crippen LogP contribution in [0.2, 0.25) is 5.02 Å². The Hall–Kier alpha value is -2.79. The second kappa shape index (κ2) is 6.61. The summed E-state index contributed by atoms with van der Waals surface area (Å²) in [5.74, 6) is -0.171. The van der Waals surface area contributed by atoms with E-state index < -0.39 is 0 Å². The number of nitrogens with two attached hydrogens (primary N) is 1. The average Bonchev–Trinajstić information content (AvgIpc) is 2.91. The molecule has 1 aromatic heterocycles. The largest absolute Gasteiger partial charge is 0.398 e. The summed E-state index contributed by atoms with van der Waals surface area (Å²) >= 11 is 6.04. The van der Waals surface area contributed by atoms with Crippen molar-refractivity contribution in [3.8, 4) is 0 Å². The third-order valence-electron chi connectivity index (χ3n) is 4.35. The Bertz CT molecular complexity index is 977. The molecular weight excluding hydrogens is 336 g/mol. The van der Waals surface area contributed by atoms with Crippen molar-refractivity contribution in [2.24, 2.45) is 7.05 Å². The number of hydrogen-bond acceptors (Lipinski definition) is 3. The average molecular weight is 355 g/mol. The maximum atomic E-state index is 12.7. The van der Waals surface area contributed by atoms with Crippen molar-refractivity contribution in [3.05, 3.63) is 64.3 Å². The summed E-state index contributed by atoms with van der Waals surface area (Å²) in [5.41, 5.74) is 9.36. The standard InChI is InChI=1S/C19H19ClN4O/c1-11(12-4-6-16(22)14(7-12)10-21)23-19(25)18-8-13-3-5-15(20)9-17(13)24(18)2/h3-11,21H,22H2,1-2H3,(H,23,25). The number of hydrogen-bond donors (Lipinski definition) is 3. The number of aryl methyl sites for hydroxylation is 1. The van der Waals surface area contributed by atoms with Gasteiger partial charge >= 0.3 is 0 Å². The number of nitrogens with zero attached hydrogens (tertiary/aromatic N) is 1. The summed E-state index contributed by atoms with van der Waals surface area (Å²) in [4.78, 5) is 12.7. The molecule has 0 aliphatic rings. The SMILES string of the molecule is CC(NC(=O)c1cc2ccc(Cl)cc2n1C)c1ccc(N)c(C=N)c1. The van der Waals surface area contributed by atoms with Gasteiger partial charge in [0.2, 0.25) is 0 Å². The lowest BCUT2D eigenvalue weighted by atomic mass is 10.0. The van der Waals surface area contributed by atoms with E-state index in [1.54, 1.807) is 12.1 Å². The molecule has 3 aromatic rings. The van der Waals surface area contributed by atoms with Gasteiger partial charge in [0.15, 0.2) is 0 Å². The second-order valence-corrected chi connectivity index (χ2v) is 6.46. The van der Waals surface area contributed by atoms with Crippen LogP contribution in [0.25, 0.3) is 10.9 Å². The van der Waals surface area contributed by atoms with Gasteiger partial charge in [-0.05, 0) is 42.8 Å². The molecule has 3 rings (SSSR count). The van der Waals surface area contributed by atoms with E-state index >= 15 is 0 Å². The van der Waals surface area contributed by atoms with Crippen LogP contribution in [0.3, 0.4) is 0 Å². The van der Waals surface area contributed by atoms with Crippen molar-refractivity contribution in [2.75, 3.05) is 5.73 Å². The first-order chi connectivity index (χ1) is 11.9. The van der Waals surface area contributed by atoms with Gasteiger partial charge in [-0.3, -0.25) is 4.79 Å². The van der Waals surface area contributed by atoms with Crippen molar-refractivity contribution in [1.29, 1.82) is 5.41 Å². The highest BCUT2D eigenvalue weighted by Gasteiger charge is 2.17. The minimum absolute atomic E-state index is 0.171. The van der Waals surface area contributed by atoms with Gasteiger partial charge in [0.05, 0.1) is 6.04 Å². The molecule has 5 nitrogen and oxygen atoms in total. The number of carbonyl (C=O) groups is 1. The summed E-state index contributed by atoms with van der Waals surface area (Å²) in [7, 11) is 1.84. The Kier molecular flexibility index (Phi) is 4.51. The first-order valence-corrected chi connectivity index (χ1v) is 8.24. The highest BCUT2D eigenvalue weighted by Crippen LogP contribution is 2.24. The Morgan fingerprint density at radius 3 is 2.76 bits per heavy atom. The summed E-state index contributed by atoms with van der Waals surface area (Å²) < 4.78 is 1.83. The Labute approximate surface area is 150 Å². The summed E-state index contributed by atoms with van der Waals surface area (Å²) in [6.45, 7) is 1.90. The van der Waals surface area contributed by atoms with Gasteiger partial charge in [-0.25, -0.2) is 0 Å². The number of rotatable bonds is 4. The number of benzene rings is 2. The predicted octanol–water partition coefficient (Wildman–Crippen LogP) is 3.90. The lowest BCUT2D eigenvalue weighted by Gasteiger charge is -2.16. The third-order valence-corrected chi connectivity index (χ3v) is 4.59. The summed E-state index contributed by atoms with van der Waals surface area (Å²) in [5, 5.41) is 12.0. The van der Waals surface area contributed by atoms with Gasteiger partial charge in [0.25, 0.3) is 5.91 Å². The van der Waals surface area contributed by atoms with Crippen LogP contribution in [0.15, 0.2) is 42.5 Å². The zero-order valence-electron chi connectivity index (χ0n) is 14.0. The molecule has 0 spiro atoms. The fourth-order valence-corrected chi connectivity index (χ4v) is 3.03. The molecule has 2 aromatic carbocycles. The zero-order valence-corrected chi connectivity index (χ0v) is 14.8. The van der Waals surface area contributed by atoms with Gasteiger partial charge in [0.1, 0.15) is 5.69 Å². The highest BCUT2D eigenvalue weighted by atomic mass is 35.5. The van der Waals surface area contributed by atoms with E-state index in [1.807, 2.05) is 48.9 Å². The molecule has 0 fully saturated rings. The van der Waals surface area contributed by atoms with Crippen molar-refractivity contribution in [2.45, 2.75) is 13.0 Å². The fraction of sp³-hybridized carbons (Fsp3) is 0.158. The number of nitrogen functional groups attached to an aromatic ring is 1. The van der Waals surface area contributed by atoms with Crippen molar-refractivity contribution in [3.63, 3.8) is 0 Å². The lowest BCUT2D eigenvalue weighted by molar-refractivity contribution is 0.0932. The molecule has 25 heavy (non-hydrogen) atoms. The van der Waals surface area contributed by atoms with E-state index in [9.17, 15) is 4.79 Å². The van der Waals surface area contributed by atoms with Crippen LogP contribution < -0.4 is 11.1 Å². The molecule has 0 aliphatic carbocycles. The maximum absolute atomic E-state index is 12.7. The summed E-state index contributed by atoms with van der Waals surface area (Å²) in [6, 6.07) is 12.6. The van der Waals surface area contributed by atoms with E-state index in [4.69, 9.17) is 22.7 Å². The second-order valence-electron chi connectivity index (χ2n) is 6.02. The zero-order chi connectivity index (χ0) is 18.1. The van der Waals surface area contributed by atoms with Crippen LogP contribution in [0.5, 0.6) is 0 Å². The number of fused-ring (bicyclic) bond motifs is 1. The van der Waals surface area contributed by atoms with Crippen molar-refractivity contribution >= 4 is 40.3 Å². The smallest absolute Gasteiger partial charge is 0.268 e. The Morgan fingerprint density at radius 2 is 2.04 bits per heavy atom. The van der Waals surface area contributed by atoms with E-state index in [1.165, 1.54) is 6.21 Å². The molecular formula is C19H19ClN4O. The van der Waals surface area contributed by atoms with Gasteiger partial charge in [-0.15, -0.1) is 0 Å². The molecule has 0 bridgehead atoms. The highest BCUT2D eigenvalue weighted by molar-refractivity contribution is 6.31. The first kappa shape index (κ1) is 17.0. The summed E-state index contributed by atoms with van der Waals surface area (Å²) in [6.07, 6.45) is 1.21. The van der Waals surface area contributed by atoms with Crippen LogP contribution in [0, 0.1) is 5.41 Å². The number of halogens is 1. The van der Waals surface area contributed by atoms with Gasteiger partial charge < -0.3 is 21.0 Å². The van der Waals surface area contributed by atoms with Gasteiger partial charge in [-0.2, -0.15) is 0 Å². The molecule has 128 valence electrons. The first-order valence-electron chi connectivity index (χ1n) is 7.86. The number of amides is 1. The van der Waals surface area contributed by atoms with Crippen LogP contribution in [-0.2, 0) is 7.05 Å². The molecule has 4 N–H and O–H groups in total. The predicted molar refractivity (Wildman–Crippen MR) is 103 cm³/mol. The van der Waals surface area contributed by atoms with Crippen LogP contribution in [-0.4, -0.2) is 16.7 Å². The fourth-order valence-electron chi connectivity index (χ4n) is 2.86. The van der Waals surface area contributed by atoms with E-state index in [0.717, 1.165) is 16.5 Å². The van der Waals surface area contributed by atoms with Gasteiger partial charge in [0, 0.05) is 40.4 Å². The molecule has 1 atom stereocenters. The molecule has 1 amide bonds. The number of carbonyl (C=O) groups excluding carboxylic acids is 1. The molecule has 0 radical (unpaired) electrons. The quantitative estimate of drug-likeness (QED) is 0.490. The van der Waals surface area contributed by atoms with E-state index in [2.05, 4.69) is 5.32 Å². The minimum Gasteiger partial charge on any atom is -0.398 e. The number of nitrogens with one attached hydrogen (secondary N) is 2. The lowest BCUT2D eigenvalue weighted by Crippen LogP contribution is -2.28. The van der Waals surface area contributed by atoms with Crippen LogP contribution in [0.4, 0.5) is 5.69 Å². The van der Waals surface area contributed by atoms with E-state index in [0.29, 0.717) is 22.0 Å². The number of anilines is 1. The van der Waals surface area contributed by atoms with Crippen molar-refractivity contribution < 1.29 is 4.79 Å². The monoisotopic (exact) mass is 354 g/mol. The van der Waals surface area contributed by atoms with E-state index in [-0.39, 0.29) is 11.9 Å². The Balaban J connectivity index is 1.87. The van der Waals surface area contributed by atoms with Crippen LogP contribution >= 0.6 is 11.6 Å². The molecule has 1 unspecified atom stereocenters. The van der Waals surface area contributed by atoms with Crippen molar-refractivity contribution in [1.82, 2.24) is 9.88 Å². The minimum atomic E-state index is -0.214. The third kappa shape index (κ3) is 3.23. The Morgan fingerprint density at radius 1 is 1.28 bits per heavy atom. The van der Waals surface area contributed by atoms with Gasteiger partial charge in [-0.1, -0.05) is 23.7 Å².